The van der Waals surface area contributed by atoms with Gasteiger partial charge in [-0.2, -0.15) is 0 Å². The van der Waals surface area contributed by atoms with Crippen LogP contribution in [-0.4, -0.2) is 70.7 Å². The van der Waals surface area contributed by atoms with E-state index in [0.717, 1.165) is 32.5 Å². The number of unbranched alkanes of at least 4 members (excludes halogenated alkanes) is 1. The summed E-state index contributed by atoms with van der Waals surface area (Å²) < 4.78 is 74.9. The third-order valence-corrected chi connectivity index (χ3v) is 7.75. The number of fused-ring (bicyclic) bond motifs is 3. The summed E-state index contributed by atoms with van der Waals surface area (Å²) in [7, 11) is 0. The van der Waals surface area contributed by atoms with Gasteiger partial charge < -0.3 is 15.4 Å². The van der Waals surface area contributed by atoms with E-state index in [2.05, 4.69) is 22.1 Å². The van der Waals surface area contributed by atoms with Crippen LogP contribution in [0, 0.1) is 17.5 Å². The summed E-state index contributed by atoms with van der Waals surface area (Å²) in [5.41, 5.74) is 0.983. The normalized spacial score (nSPS) is 21.1. The Bertz CT molecular complexity index is 1280. The predicted molar refractivity (Wildman–Crippen MR) is 137 cm³/mol. The average Bonchev–Trinajstić information content (AvgIpc) is 3.21. The molecule has 10 heteroatoms. The molecule has 1 saturated heterocycles. The molecule has 5 nitrogen and oxygen atoms in total. The van der Waals surface area contributed by atoms with Gasteiger partial charge in [-0.1, -0.05) is 25.5 Å². The number of hydrogen-bond donors (Lipinski definition) is 3. The molecule has 0 saturated carbocycles. The van der Waals surface area contributed by atoms with E-state index in [-0.39, 0.29) is 34.9 Å². The summed E-state index contributed by atoms with van der Waals surface area (Å²) in [6.07, 6.45) is 2.46. The Hall–Kier alpha value is -2.69. The van der Waals surface area contributed by atoms with Crippen molar-refractivity contribution in [1.82, 2.24) is 14.8 Å². The minimum atomic E-state index is -3.50. The highest BCUT2D eigenvalue weighted by Gasteiger charge is 2.43. The summed E-state index contributed by atoms with van der Waals surface area (Å²) in [6, 6.07) is 5.14. The van der Waals surface area contributed by atoms with E-state index in [1.165, 1.54) is 23.1 Å². The molecule has 2 aliphatic heterocycles. The molecule has 206 valence electrons. The smallest absolute Gasteiger partial charge is 0.283 e. The molecule has 0 aliphatic carbocycles. The monoisotopic (exact) mass is 536 g/mol. The fraction of sp³-hybridized carbons (Fsp3) is 0.500. The van der Waals surface area contributed by atoms with Crippen molar-refractivity contribution in [3.63, 3.8) is 0 Å². The Morgan fingerprint density at radius 3 is 2.47 bits per heavy atom. The highest BCUT2D eigenvalue weighted by atomic mass is 19.3. The molecule has 38 heavy (non-hydrogen) atoms. The number of aromatic amines is 1. The summed E-state index contributed by atoms with van der Waals surface area (Å²) in [6.45, 7) is 4.03. The lowest BCUT2D eigenvalue weighted by molar-refractivity contribution is -0.0869. The average molecular weight is 537 g/mol. The Morgan fingerprint density at radius 2 is 1.82 bits per heavy atom. The highest BCUT2D eigenvalue weighted by Crippen LogP contribution is 2.44. The van der Waals surface area contributed by atoms with Gasteiger partial charge in [-0.15, -0.1) is 0 Å². The van der Waals surface area contributed by atoms with Crippen LogP contribution in [0.1, 0.15) is 49.6 Å². The van der Waals surface area contributed by atoms with E-state index in [0.29, 0.717) is 10.9 Å². The molecule has 2 unspecified atom stereocenters. The number of aromatic nitrogens is 1. The predicted octanol–water partition coefficient (Wildman–Crippen LogP) is 5.45. The lowest BCUT2D eigenvalue weighted by Gasteiger charge is -2.42. The summed E-state index contributed by atoms with van der Waals surface area (Å²) in [4.78, 5) is 6.50. The summed E-state index contributed by atoms with van der Waals surface area (Å²) >= 11 is 0. The van der Waals surface area contributed by atoms with Crippen LogP contribution in [-0.2, 0) is 6.42 Å². The fourth-order valence-corrected chi connectivity index (χ4v) is 5.81. The van der Waals surface area contributed by atoms with Gasteiger partial charge in [-0.25, -0.2) is 22.0 Å². The van der Waals surface area contributed by atoms with Gasteiger partial charge in [0.25, 0.3) is 5.92 Å². The number of anilines is 1. The van der Waals surface area contributed by atoms with Gasteiger partial charge in [0.15, 0.2) is 0 Å². The topological polar surface area (TPSA) is 54.5 Å². The number of hydrogen-bond acceptors (Lipinski definition) is 4. The molecule has 0 amide bonds. The van der Waals surface area contributed by atoms with Gasteiger partial charge in [-0.3, -0.25) is 9.80 Å². The van der Waals surface area contributed by atoms with E-state index in [1.807, 2.05) is 0 Å². The molecular formula is C28H33F5N4O. The zero-order valence-corrected chi connectivity index (χ0v) is 21.5. The lowest BCUT2D eigenvalue weighted by Crippen LogP contribution is -2.54. The quantitative estimate of drug-likeness (QED) is 0.319. The Balaban J connectivity index is 1.52. The van der Waals surface area contributed by atoms with E-state index in [4.69, 9.17) is 0 Å². The Kier molecular flexibility index (Phi) is 7.41. The van der Waals surface area contributed by atoms with E-state index in [9.17, 15) is 18.3 Å². The van der Waals surface area contributed by atoms with Crippen LogP contribution >= 0.6 is 0 Å². The molecule has 3 N–H and O–H groups in total. The molecule has 0 radical (unpaired) electrons. The minimum absolute atomic E-state index is 0.0641. The second-order valence-electron chi connectivity index (χ2n) is 10.6. The van der Waals surface area contributed by atoms with Crippen LogP contribution < -0.4 is 5.32 Å². The Morgan fingerprint density at radius 1 is 1.11 bits per heavy atom. The van der Waals surface area contributed by atoms with Crippen LogP contribution in [0.3, 0.4) is 0 Å². The van der Waals surface area contributed by atoms with E-state index >= 15 is 8.78 Å². The summed E-state index contributed by atoms with van der Waals surface area (Å²) in [5.74, 6) is -5.79. The number of alkyl halides is 2. The fourth-order valence-electron chi connectivity index (χ4n) is 5.81. The number of likely N-dealkylation sites (tertiary alicyclic amines) is 1. The molecule has 2 aliphatic rings. The zero-order chi connectivity index (χ0) is 27.2. The van der Waals surface area contributed by atoms with Crippen molar-refractivity contribution in [1.29, 1.82) is 0 Å². The number of H-pyrrole nitrogens is 1. The molecular weight excluding hydrogens is 503 g/mol. The van der Waals surface area contributed by atoms with Gasteiger partial charge in [0.2, 0.25) is 0 Å². The number of aliphatic hydroxyl groups is 1. The first-order valence-corrected chi connectivity index (χ1v) is 13.1. The molecule has 0 spiro atoms. The van der Waals surface area contributed by atoms with Gasteiger partial charge in [-0.05, 0) is 50.1 Å². The molecule has 3 heterocycles. The number of benzene rings is 2. The van der Waals surface area contributed by atoms with Gasteiger partial charge >= 0.3 is 0 Å². The van der Waals surface area contributed by atoms with Crippen LogP contribution in [0.15, 0.2) is 30.3 Å². The number of rotatable bonds is 9. The lowest BCUT2D eigenvalue weighted by atomic mass is 9.87. The molecule has 1 fully saturated rings. The first-order chi connectivity index (χ1) is 18.1. The minimum Gasteiger partial charge on any atom is -0.390 e. The molecule has 1 aromatic heterocycles. The van der Waals surface area contributed by atoms with E-state index in [1.54, 1.807) is 19.1 Å². The third kappa shape index (κ3) is 5.01. The van der Waals surface area contributed by atoms with Crippen LogP contribution in [0.4, 0.5) is 27.6 Å². The van der Waals surface area contributed by atoms with Crippen molar-refractivity contribution in [2.75, 3.05) is 38.1 Å². The third-order valence-electron chi connectivity index (χ3n) is 7.75. The van der Waals surface area contributed by atoms with Crippen molar-refractivity contribution in [3.05, 3.63) is 64.6 Å². The van der Waals surface area contributed by atoms with Crippen molar-refractivity contribution in [2.45, 2.75) is 57.2 Å². The van der Waals surface area contributed by atoms with Crippen molar-refractivity contribution in [2.24, 2.45) is 0 Å². The Labute approximate surface area is 218 Å². The first kappa shape index (κ1) is 26.9. The maximum Gasteiger partial charge on any atom is 0.283 e. The summed E-state index contributed by atoms with van der Waals surface area (Å²) in [5, 5.41) is 13.0. The maximum absolute atomic E-state index is 15.7. The van der Waals surface area contributed by atoms with E-state index < -0.39 is 48.6 Å². The van der Waals surface area contributed by atoms with Gasteiger partial charge in [0.05, 0.1) is 24.1 Å². The zero-order valence-electron chi connectivity index (χ0n) is 21.5. The van der Waals surface area contributed by atoms with Crippen molar-refractivity contribution >= 4 is 16.6 Å². The number of nitrogens with zero attached hydrogens (tertiary/aromatic N) is 2. The largest absolute Gasteiger partial charge is 0.390 e. The highest BCUT2D eigenvalue weighted by molar-refractivity contribution is 5.86. The SMILES string of the molecule is CCCCN1CC(Nc2cc(F)c(C3c4[nH]c5c(F)cccc5c4CC(C)N3CC(F)(F)CO)c(F)c2)C1. The molecule has 3 aromatic rings. The number of para-hydroxylation sites is 1. The molecule has 2 aromatic carbocycles. The van der Waals surface area contributed by atoms with Crippen molar-refractivity contribution in [3.8, 4) is 0 Å². The second kappa shape index (κ2) is 10.5. The number of aliphatic hydroxyl groups excluding tert-OH is 1. The standard InChI is InChI=1S/C28H33F5N4O/c1-3-4-8-36-12-18(13-36)34-17-10-22(30)24(23(31)11-17)27-26-20(19-6-5-7-21(29)25(19)35-26)9-16(2)37(27)14-28(32,33)15-38/h5-7,10-11,16,18,27,34-35,38H,3-4,8-9,12-15H2,1-2H3. The van der Waals surface area contributed by atoms with Gasteiger partial charge in [0, 0.05) is 41.5 Å². The van der Waals surface area contributed by atoms with Crippen molar-refractivity contribution < 1.29 is 27.1 Å². The molecule has 0 bridgehead atoms. The van der Waals surface area contributed by atoms with Gasteiger partial charge in [0.1, 0.15) is 24.1 Å². The van der Waals surface area contributed by atoms with Crippen LogP contribution in [0.25, 0.3) is 10.9 Å². The number of halogens is 5. The molecule has 2 atom stereocenters. The second-order valence-corrected chi connectivity index (χ2v) is 10.6. The number of nitrogens with one attached hydrogen (secondary N) is 2. The first-order valence-electron chi connectivity index (χ1n) is 13.1. The maximum atomic E-state index is 15.7. The van der Waals surface area contributed by atoms with Crippen LogP contribution in [0.5, 0.6) is 0 Å². The van der Waals surface area contributed by atoms with Crippen LogP contribution in [0.2, 0.25) is 0 Å². The molecule has 5 rings (SSSR count).